The first-order chi connectivity index (χ1) is 16.5. The first kappa shape index (κ1) is 23.6. The van der Waals surface area contributed by atoms with E-state index < -0.39 is 17.7 Å². The predicted octanol–water partition coefficient (Wildman–Crippen LogP) is 3.70. The summed E-state index contributed by atoms with van der Waals surface area (Å²) in [5.74, 6) is -0.00648. The number of rotatable bonds is 9. The molecule has 0 aromatic heterocycles. The molecule has 8 nitrogen and oxygen atoms in total. The Morgan fingerprint density at radius 3 is 2.65 bits per heavy atom. The molecular weight excluding hydrogens is 438 g/mol. The Bertz CT molecular complexity index is 1090. The van der Waals surface area contributed by atoms with Crippen molar-refractivity contribution >= 4 is 17.4 Å². The molecule has 1 N–H and O–H groups in total. The van der Waals surface area contributed by atoms with Crippen LogP contribution in [-0.2, 0) is 14.3 Å². The van der Waals surface area contributed by atoms with E-state index >= 15 is 0 Å². The highest BCUT2D eigenvalue weighted by Gasteiger charge is 2.46. The summed E-state index contributed by atoms with van der Waals surface area (Å²) >= 11 is 0. The molecule has 2 aromatic rings. The summed E-state index contributed by atoms with van der Waals surface area (Å²) in [5, 5.41) is 11.2. The van der Waals surface area contributed by atoms with Gasteiger partial charge in [-0.1, -0.05) is 25.5 Å². The van der Waals surface area contributed by atoms with E-state index in [4.69, 9.17) is 18.9 Å². The van der Waals surface area contributed by atoms with Gasteiger partial charge in [-0.25, -0.2) is 0 Å². The maximum atomic E-state index is 13.1. The maximum absolute atomic E-state index is 13.1. The van der Waals surface area contributed by atoms with Crippen molar-refractivity contribution in [2.24, 2.45) is 0 Å². The Morgan fingerprint density at radius 2 is 1.88 bits per heavy atom. The van der Waals surface area contributed by atoms with Crippen molar-refractivity contribution < 1.29 is 33.6 Å². The third-order valence-electron chi connectivity index (χ3n) is 5.83. The number of amides is 1. The maximum Gasteiger partial charge on any atom is 0.295 e. The van der Waals surface area contributed by atoms with Gasteiger partial charge in [0.1, 0.15) is 24.7 Å². The molecule has 8 heteroatoms. The molecule has 0 unspecified atom stereocenters. The van der Waals surface area contributed by atoms with Gasteiger partial charge in [0.25, 0.3) is 11.7 Å². The molecule has 0 saturated carbocycles. The molecule has 2 aromatic carbocycles. The largest absolute Gasteiger partial charge is 0.507 e. The van der Waals surface area contributed by atoms with Crippen LogP contribution in [0.15, 0.2) is 48.0 Å². The van der Waals surface area contributed by atoms with Gasteiger partial charge in [-0.3, -0.25) is 9.59 Å². The van der Waals surface area contributed by atoms with Crippen LogP contribution in [0.1, 0.15) is 36.9 Å². The summed E-state index contributed by atoms with van der Waals surface area (Å²) in [6.07, 6.45) is 1.92. The molecule has 0 radical (unpaired) electrons. The number of likely N-dealkylation sites (tertiary alicyclic amines) is 1. The van der Waals surface area contributed by atoms with Crippen molar-refractivity contribution in [3.05, 3.63) is 59.2 Å². The molecule has 180 valence electrons. The highest BCUT2D eigenvalue weighted by Crippen LogP contribution is 2.41. The summed E-state index contributed by atoms with van der Waals surface area (Å²) in [6, 6.07) is 11.4. The average Bonchev–Trinajstić information content (AvgIpc) is 3.12. The lowest BCUT2D eigenvalue weighted by Gasteiger charge is -2.25. The molecule has 2 aliphatic heterocycles. The van der Waals surface area contributed by atoms with Crippen LogP contribution in [-0.4, -0.2) is 61.8 Å². The lowest BCUT2D eigenvalue weighted by Crippen LogP contribution is -2.32. The fraction of sp³-hybridized carbons (Fsp3) is 0.385. The van der Waals surface area contributed by atoms with E-state index in [9.17, 15) is 14.7 Å². The van der Waals surface area contributed by atoms with Crippen LogP contribution in [0.4, 0.5) is 0 Å². The monoisotopic (exact) mass is 467 g/mol. The first-order valence-corrected chi connectivity index (χ1v) is 11.4. The number of Topliss-reactive ketones (excluding diaryl/α,β-unsaturated/α-hetero) is 1. The Kier molecular flexibility index (Phi) is 7.37. The van der Waals surface area contributed by atoms with Crippen molar-refractivity contribution in [2.75, 3.05) is 40.1 Å². The minimum absolute atomic E-state index is 0.0171. The van der Waals surface area contributed by atoms with Crippen molar-refractivity contribution in [1.29, 1.82) is 0 Å². The molecule has 2 heterocycles. The summed E-state index contributed by atoms with van der Waals surface area (Å²) < 4.78 is 22.2. The van der Waals surface area contributed by atoms with Crippen molar-refractivity contribution in [3.63, 3.8) is 0 Å². The second-order valence-corrected chi connectivity index (χ2v) is 8.12. The zero-order valence-electron chi connectivity index (χ0n) is 19.4. The second kappa shape index (κ2) is 10.6. The Hall–Kier alpha value is -3.52. The third kappa shape index (κ3) is 4.72. The number of aliphatic hydroxyl groups is 1. The number of nitrogens with zero attached hydrogens (tertiary/aromatic N) is 1. The van der Waals surface area contributed by atoms with Crippen molar-refractivity contribution in [3.8, 4) is 17.2 Å². The highest BCUT2D eigenvalue weighted by molar-refractivity contribution is 6.46. The molecule has 4 rings (SSSR count). The number of methoxy groups -OCH3 is 1. The molecule has 34 heavy (non-hydrogen) atoms. The molecule has 1 amide bonds. The molecule has 0 spiro atoms. The first-order valence-electron chi connectivity index (χ1n) is 11.4. The predicted molar refractivity (Wildman–Crippen MR) is 125 cm³/mol. The minimum Gasteiger partial charge on any atom is -0.507 e. The minimum atomic E-state index is -0.780. The number of unbranched alkanes of at least 4 members (excludes halogenated alkanes) is 1. The van der Waals surface area contributed by atoms with Crippen molar-refractivity contribution in [1.82, 2.24) is 4.90 Å². The van der Waals surface area contributed by atoms with E-state index in [-0.39, 0.29) is 24.5 Å². The van der Waals surface area contributed by atoms with E-state index in [0.717, 1.165) is 12.8 Å². The van der Waals surface area contributed by atoms with Gasteiger partial charge in [0, 0.05) is 19.2 Å². The van der Waals surface area contributed by atoms with Gasteiger partial charge in [-0.15, -0.1) is 0 Å². The number of hydrogen-bond acceptors (Lipinski definition) is 7. The fourth-order valence-electron chi connectivity index (χ4n) is 4.10. The molecule has 1 fully saturated rings. The standard InChI is InChI=1S/C26H29NO7/c1-3-4-11-32-19-7-5-6-17(15-19)23-22(25(29)26(30)27(23)10-12-31-2)24(28)18-8-9-20-21(16-18)34-14-13-33-20/h5-9,15-16,23,28H,3-4,10-14H2,1-2H3/b24-22+/t23-/m0/s1. The Labute approximate surface area is 198 Å². The van der Waals surface area contributed by atoms with Gasteiger partial charge in [0.2, 0.25) is 0 Å². The molecule has 0 bridgehead atoms. The summed E-state index contributed by atoms with van der Waals surface area (Å²) in [6.45, 7) is 3.94. The van der Waals surface area contributed by atoms with Crippen LogP contribution in [0.5, 0.6) is 17.2 Å². The zero-order chi connectivity index (χ0) is 24.1. The van der Waals surface area contributed by atoms with E-state index in [0.29, 0.717) is 48.2 Å². The summed E-state index contributed by atoms with van der Waals surface area (Å²) in [5.41, 5.74) is 1.06. The lowest BCUT2D eigenvalue weighted by atomic mass is 9.95. The Morgan fingerprint density at radius 1 is 1.09 bits per heavy atom. The van der Waals surface area contributed by atoms with Gasteiger partial charge in [0.05, 0.1) is 24.8 Å². The number of ether oxygens (including phenoxy) is 4. The van der Waals surface area contributed by atoms with Gasteiger partial charge < -0.3 is 29.0 Å². The SMILES string of the molecule is CCCCOc1cccc([C@H]2/C(=C(\O)c3ccc4c(c3)OCCO4)C(=O)C(=O)N2CCOC)c1. The second-order valence-electron chi connectivity index (χ2n) is 8.12. The van der Waals surface area contributed by atoms with Crippen LogP contribution in [0, 0.1) is 0 Å². The zero-order valence-corrected chi connectivity index (χ0v) is 19.4. The summed E-state index contributed by atoms with van der Waals surface area (Å²) in [7, 11) is 1.53. The number of aliphatic hydroxyl groups excluding tert-OH is 1. The highest BCUT2D eigenvalue weighted by atomic mass is 16.6. The molecule has 1 saturated heterocycles. The van der Waals surface area contributed by atoms with Gasteiger partial charge >= 0.3 is 0 Å². The lowest BCUT2D eigenvalue weighted by molar-refractivity contribution is -0.140. The number of hydrogen-bond donors (Lipinski definition) is 1. The van der Waals surface area contributed by atoms with Gasteiger partial charge in [0.15, 0.2) is 11.5 Å². The van der Waals surface area contributed by atoms with E-state index in [1.807, 2.05) is 24.3 Å². The van der Waals surface area contributed by atoms with Gasteiger partial charge in [-0.05, 0) is 42.3 Å². The Balaban J connectivity index is 1.77. The van der Waals surface area contributed by atoms with Crippen LogP contribution in [0.2, 0.25) is 0 Å². The van der Waals surface area contributed by atoms with E-state index in [2.05, 4.69) is 6.92 Å². The van der Waals surface area contributed by atoms with Crippen molar-refractivity contribution in [2.45, 2.75) is 25.8 Å². The van der Waals surface area contributed by atoms with E-state index in [1.54, 1.807) is 18.2 Å². The average molecular weight is 468 g/mol. The summed E-state index contributed by atoms with van der Waals surface area (Å²) in [4.78, 5) is 27.5. The molecule has 2 aliphatic rings. The normalized spacial score (nSPS) is 18.9. The van der Waals surface area contributed by atoms with Gasteiger partial charge in [-0.2, -0.15) is 0 Å². The smallest absolute Gasteiger partial charge is 0.295 e. The number of fused-ring (bicyclic) bond motifs is 1. The molecule has 1 atom stereocenters. The van der Waals surface area contributed by atoms with Crippen LogP contribution in [0.25, 0.3) is 5.76 Å². The van der Waals surface area contributed by atoms with Crippen LogP contribution in [0.3, 0.4) is 0 Å². The van der Waals surface area contributed by atoms with Crippen LogP contribution >= 0.6 is 0 Å². The number of carbonyl (C=O) groups excluding carboxylic acids is 2. The quantitative estimate of drug-likeness (QED) is 0.260. The topological polar surface area (TPSA) is 94.5 Å². The van der Waals surface area contributed by atoms with Crippen LogP contribution < -0.4 is 14.2 Å². The molecular formula is C26H29NO7. The van der Waals surface area contributed by atoms with E-state index in [1.165, 1.54) is 12.0 Å². The third-order valence-corrected chi connectivity index (χ3v) is 5.83. The molecule has 0 aliphatic carbocycles. The number of carbonyl (C=O) groups is 2. The fourth-order valence-corrected chi connectivity index (χ4v) is 4.10. The number of benzene rings is 2. The number of ketones is 1.